The number of esters is 1. The number of amides is 1. The average Bonchev–Trinajstić information content (AvgIpc) is 3.28. The first-order valence-electron chi connectivity index (χ1n) is 10.6. The molecule has 2 atom stereocenters. The fraction of sp³-hybridized carbons (Fsp3) is 0.778. The van der Waals surface area contributed by atoms with E-state index < -0.39 is 43.1 Å². The fourth-order valence-corrected chi connectivity index (χ4v) is 3.24. The summed E-state index contributed by atoms with van der Waals surface area (Å²) < 4.78 is 33.2. The summed E-state index contributed by atoms with van der Waals surface area (Å²) in [5.41, 5.74) is -0.933. The Morgan fingerprint density at radius 2 is 1.96 bits per heavy atom. The Hall–Kier alpha value is -2.12. The third kappa shape index (κ3) is 6.00. The summed E-state index contributed by atoms with van der Waals surface area (Å²) in [5, 5.41) is 10.2. The van der Waals surface area contributed by atoms with Crippen LogP contribution in [0.25, 0.3) is 0 Å². The molecule has 0 aromatic rings. The summed E-state index contributed by atoms with van der Waals surface area (Å²) in [6, 6.07) is 0. The molecule has 8 nitrogen and oxygen atoms in total. The average molecular weight is 370 g/mol. The predicted molar refractivity (Wildman–Crippen MR) is 94.4 cm³/mol. The van der Waals surface area contributed by atoms with Gasteiger partial charge in [0, 0.05) is 23.9 Å². The van der Waals surface area contributed by atoms with Gasteiger partial charge in [-0.15, -0.1) is 0 Å². The van der Waals surface area contributed by atoms with Crippen molar-refractivity contribution in [2.75, 3.05) is 13.5 Å². The second-order valence-electron chi connectivity index (χ2n) is 6.92. The second kappa shape index (κ2) is 9.54. The standard InChI is InChI=1S/C18H29N3O5/c1-21-12-16(24)26-18(11-14(18)25-13-22)10-8-6-4-2-3-5-7-9-15(23)20-17(21)19/h13-14H,2-12H2,1H3,(H2,19,20,23)/i1D3. The van der Waals surface area contributed by atoms with E-state index in [0.29, 0.717) is 30.6 Å². The zero-order valence-electron chi connectivity index (χ0n) is 17.9. The van der Waals surface area contributed by atoms with E-state index in [4.69, 9.17) is 19.0 Å². The van der Waals surface area contributed by atoms with Gasteiger partial charge in [-0.25, -0.2) is 0 Å². The van der Waals surface area contributed by atoms with Gasteiger partial charge in [-0.05, 0) is 19.3 Å². The van der Waals surface area contributed by atoms with E-state index in [1.807, 2.05) is 0 Å². The van der Waals surface area contributed by atoms with E-state index in [1.54, 1.807) is 0 Å². The molecule has 2 fully saturated rings. The summed E-state index contributed by atoms with van der Waals surface area (Å²) >= 11 is 0. The van der Waals surface area contributed by atoms with E-state index in [1.165, 1.54) is 0 Å². The zero-order valence-corrected chi connectivity index (χ0v) is 14.9. The molecule has 2 N–H and O–H groups in total. The van der Waals surface area contributed by atoms with Crippen molar-refractivity contribution in [1.29, 1.82) is 5.41 Å². The van der Waals surface area contributed by atoms with Crippen LogP contribution in [0.4, 0.5) is 0 Å². The number of ether oxygens (including phenoxy) is 2. The monoisotopic (exact) mass is 370 g/mol. The van der Waals surface area contributed by atoms with Crippen LogP contribution in [0.5, 0.6) is 0 Å². The molecule has 0 aromatic heterocycles. The third-order valence-corrected chi connectivity index (χ3v) is 4.81. The molecule has 26 heavy (non-hydrogen) atoms. The number of hydrogen-bond acceptors (Lipinski definition) is 6. The third-order valence-electron chi connectivity index (χ3n) is 4.81. The van der Waals surface area contributed by atoms with E-state index in [9.17, 15) is 14.4 Å². The quantitative estimate of drug-likeness (QED) is 0.566. The Balaban J connectivity index is 2.12. The molecule has 1 saturated heterocycles. The molecular formula is C18H29N3O5. The molecule has 0 bridgehead atoms. The zero-order chi connectivity index (χ0) is 21.5. The normalized spacial score (nSPS) is 31.7. The summed E-state index contributed by atoms with van der Waals surface area (Å²) in [7, 11) is 0. The number of nitrogens with one attached hydrogen (secondary N) is 2. The van der Waals surface area contributed by atoms with Crippen LogP contribution in [0.3, 0.4) is 0 Å². The largest absolute Gasteiger partial charge is 0.460 e. The van der Waals surface area contributed by atoms with Gasteiger partial charge in [0.15, 0.2) is 11.6 Å². The van der Waals surface area contributed by atoms with E-state index >= 15 is 0 Å². The van der Waals surface area contributed by atoms with Crippen LogP contribution in [0.15, 0.2) is 0 Å². The Labute approximate surface area is 158 Å². The Kier molecular flexibility index (Phi) is 5.90. The van der Waals surface area contributed by atoms with Crippen molar-refractivity contribution < 1.29 is 28.0 Å². The van der Waals surface area contributed by atoms with Crippen molar-refractivity contribution in [3.8, 4) is 0 Å². The van der Waals surface area contributed by atoms with E-state index in [0.717, 1.165) is 38.5 Å². The first kappa shape index (κ1) is 16.1. The lowest BCUT2D eigenvalue weighted by Crippen LogP contribution is -2.44. The highest BCUT2D eigenvalue weighted by Crippen LogP contribution is 2.46. The molecule has 1 heterocycles. The lowest BCUT2D eigenvalue weighted by Gasteiger charge is -2.22. The molecule has 2 aliphatic rings. The maximum atomic E-state index is 12.5. The first-order chi connectivity index (χ1) is 13.7. The molecule has 8 heteroatoms. The van der Waals surface area contributed by atoms with E-state index in [-0.39, 0.29) is 6.42 Å². The summed E-state index contributed by atoms with van der Waals surface area (Å²) in [4.78, 5) is 35.6. The van der Waals surface area contributed by atoms with Crippen molar-refractivity contribution in [1.82, 2.24) is 10.2 Å². The molecule has 0 radical (unpaired) electrons. The maximum absolute atomic E-state index is 12.5. The minimum Gasteiger partial charge on any atom is -0.460 e. The van der Waals surface area contributed by atoms with Gasteiger partial charge in [0.05, 0.1) is 0 Å². The van der Waals surface area contributed by atoms with Crippen LogP contribution in [0.2, 0.25) is 0 Å². The van der Waals surface area contributed by atoms with Crippen molar-refractivity contribution in [3.05, 3.63) is 0 Å². The highest BCUT2D eigenvalue weighted by molar-refractivity contribution is 5.96. The number of carbonyl (C=O) groups excluding carboxylic acids is 3. The molecule has 0 aromatic carbocycles. The molecule has 1 amide bonds. The van der Waals surface area contributed by atoms with Crippen molar-refractivity contribution >= 4 is 24.3 Å². The lowest BCUT2D eigenvalue weighted by molar-refractivity contribution is -0.156. The summed E-state index contributed by atoms with van der Waals surface area (Å²) in [5.74, 6) is -1.97. The second-order valence-corrected chi connectivity index (χ2v) is 6.92. The number of carbonyl (C=O) groups is 3. The molecule has 1 spiro atoms. The van der Waals surface area contributed by atoms with Crippen LogP contribution in [-0.4, -0.2) is 54.4 Å². The van der Waals surface area contributed by atoms with Crippen LogP contribution < -0.4 is 5.32 Å². The number of nitrogens with zero attached hydrogens (tertiary/aromatic N) is 1. The highest BCUT2D eigenvalue weighted by Gasteiger charge is 2.59. The van der Waals surface area contributed by atoms with E-state index in [2.05, 4.69) is 5.32 Å². The van der Waals surface area contributed by atoms with Crippen LogP contribution in [0, 0.1) is 5.41 Å². The van der Waals surface area contributed by atoms with Gasteiger partial charge < -0.3 is 14.4 Å². The van der Waals surface area contributed by atoms with Gasteiger partial charge in [0.25, 0.3) is 6.47 Å². The highest BCUT2D eigenvalue weighted by atomic mass is 16.6. The molecule has 1 saturated carbocycles. The minimum atomic E-state index is -2.80. The predicted octanol–water partition coefficient (Wildman–Crippen LogP) is 1.72. The minimum absolute atomic E-state index is 0.190. The van der Waals surface area contributed by atoms with Gasteiger partial charge in [-0.1, -0.05) is 32.1 Å². The SMILES string of the molecule is [2H]C([2H])([2H])N1CC(=O)OC2(CCCCCCCCCC(=O)NC1=N)CC2OC=O. The van der Waals surface area contributed by atoms with Crippen molar-refractivity contribution in [2.45, 2.75) is 75.9 Å². The number of likely N-dealkylation sites (N-methyl/N-ethyl adjacent to an activating group) is 1. The van der Waals surface area contributed by atoms with Gasteiger partial charge >= 0.3 is 5.97 Å². The summed E-state index contributed by atoms with van der Waals surface area (Å²) in [6.07, 6.45) is 6.87. The first-order valence-corrected chi connectivity index (χ1v) is 9.15. The molecule has 146 valence electrons. The number of rotatable bonds is 2. The number of hydrogen-bond donors (Lipinski definition) is 2. The lowest BCUT2D eigenvalue weighted by atomic mass is 10.0. The van der Waals surface area contributed by atoms with Crippen molar-refractivity contribution in [2.24, 2.45) is 0 Å². The van der Waals surface area contributed by atoms with Crippen molar-refractivity contribution in [3.63, 3.8) is 0 Å². The topological polar surface area (TPSA) is 109 Å². The molecular weight excluding hydrogens is 338 g/mol. The molecule has 2 unspecified atom stereocenters. The molecule has 2 rings (SSSR count). The Morgan fingerprint density at radius 1 is 1.27 bits per heavy atom. The van der Waals surface area contributed by atoms with Gasteiger partial charge in [-0.3, -0.25) is 25.1 Å². The van der Waals surface area contributed by atoms with Crippen LogP contribution >= 0.6 is 0 Å². The van der Waals surface area contributed by atoms with Crippen LogP contribution in [-0.2, 0) is 23.9 Å². The number of guanidine groups is 1. The smallest absolute Gasteiger partial charge is 0.326 e. The van der Waals surface area contributed by atoms with Gasteiger partial charge in [0.2, 0.25) is 5.91 Å². The maximum Gasteiger partial charge on any atom is 0.326 e. The van der Waals surface area contributed by atoms with Crippen LogP contribution in [0.1, 0.15) is 68.3 Å². The molecule has 1 aliphatic heterocycles. The Bertz CT molecular complexity index is 628. The molecule has 1 aliphatic carbocycles. The summed E-state index contributed by atoms with van der Waals surface area (Å²) in [6.45, 7) is -3.21. The van der Waals surface area contributed by atoms with Gasteiger partial charge in [-0.2, -0.15) is 0 Å². The fourth-order valence-electron chi connectivity index (χ4n) is 3.24. The van der Waals surface area contributed by atoms with Gasteiger partial charge in [0.1, 0.15) is 12.6 Å². The Morgan fingerprint density at radius 3 is 2.65 bits per heavy atom.